The lowest BCUT2D eigenvalue weighted by atomic mass is 10.1. The number of nitrogens with zero attached hydrogens (tertiary/aromatic N) is 3. The van der Waals surface area contributed by atoms with Gasteiger partial charge >= 0.3 is 5.97 Å². The molecule has 7 nitrogen and oxygen atoms in total. The molecule has 168 valence electrons. The molecule has 0 spiro atoms. The van der Waals surface area contributed by atoms with Gasteiger partial charge in [0.15, 0.2) is 5.11 Å². The van der Waals surface area contributed by atoms with Crippen LogP contribution in [0.15, 0.2) is 30.6 Å². The molecule has 2 N–H and O–H groups in total. The predicted octanol–water partition coefficient (Wildman–Crippen LogP) is 4.78. The van der Waals surface area contributed by atoms with Crippen LogP contribution in [0, 0.1) is 5.82 Å². The molecule has 2 aromatic heterocycles. The number of rotatable bonds is 6. The molecule has 0 bridgehead atoms. The number of thiocarbonyl (C=S) groups is 1. The highest BCUT2D eigenvalue weighted by Gasteiger charge is 2.26. The summed E-state index contributed by atoms with van der Waals surface area (Å²) in [7, 11) is 0. The minimum atomic E-state index is -0.329. The van der Waals surface area contributed by atoms with Crippen molar-refractivity contribution >= 4 is 45.6 Å². The molecule has 0 amide bonds. The Morgan fingerprint density at radius 1 is 1.25 bits per heavy atom. The monoisotopic (exact) mass is 473 g/mol. The molecule has 10 heteroatoms. The fourth-order valence-corrected chi connectivity index (χ4v) is 5.25. The molecule has 2 heterocycles. The highest BCUT2D eigenvalue weighted by molar-refractivity contribution is 7.80. The van der Waals surface area contributed by atoms with Crippen molar-refractivity contribution < 1.29 is 13.9 Å². The molecule has 1 aliphatic rings. The number of nitrogens with one attached hydrogen (secondary N) is 2. The van der Waals surface area contributed by atoms with Gasteiger partial charge in [-0.2, -0.15) is 0 Å². The zero-order valence-electron chi connectivity index (χ0n) is 17.7. The van der Waals surface area contributed by atoms with Crippen molar-refractivity contribution in [1.82, 2.24) is 14.8 Å². The van der Waals surface area contributed by atoms with E-state index in [1.165, 1.54) is 22.0 Å². The van der Waals surface area contributed by atoms with E-state index < -0.39 is 0 Å². The number of ether oxygens (including phenoxy) is 1. The molecule has 1 aromatic carbocycles. The van der Waals surface area contributed by atoms with Gasteiger partial charge in [-0.15, -0.1) is 16.4 Å². The van der Waals surface area contributed by atoms with Crippen molar-refractivity contribution in [2.45, 2.75) is 45.6 Å². The van der Waals surface area contributed by atoms with Crippen molar-refractivity contribution in [3.63, 3.8) is 0 Å². The van der Waals surface area contributed by atoms with Gasteiger partial charge in [0, 0.05) is 10.4 Å². The summed E-state index contributed by atoms with van der Waals surface area (Å²) in [5.74, 6) is -0.335. The maximum Gasteiger partial charge on any atom is 0.341 e. The van der Waals surface area contributed by atoms with E-state index in [-0.39, 0.29) is 29.4 Å². The van der Waals surface area contributed by atoms with E-state index in [2.05, 4.69) is 20.7 Å². The summed E-state index contributed by atoms with van der Waals surface area (Å²) in [6, 6.07) is 6.53. The van der Waals surface area contributed by atoms with E-state index in [0.29, 0.717) is 22.7 Å². The lowest BCUT2D eigenvalue weighted by Gasteiger charge is -2.10. The predicted molar refractivity (Wildman–Crippen MR) is 127 cm³/mol. The van der Waals surface area contributed by atoms with Crippen LogP contribution < -0.4 is 10.6 Å². The number of fused-ring (bicyclic) bond motifs is 1. The minimum absolute atomic E-state index is 0.256. The standard InChI is InChI=1S/C22H24FN5O2S2/c1-2-30-20(29)18-15-9-4-3-5-11-17(15)32-19(18)25-22(31)26-21-24-13-28(27-21)12-14-8-6-7-10-16(14)23/h6-8,10,13H,2-5,9,11-12H2,1H3,(H2,25,26,27,31). The van der Waals surface area contributed by atoms with Crippen LogP contribution in [0.5, 0.6) is 0 Å². The number of anilines is 2. The third-order valence-electron chi connectivity index (χ3n) is 5.18. The van der Waals surface area contributed by atoms with Crippen LogP contribution in [0.25, 0.3) is 0 Å². The molecule has 0 aliphatic heterocycles. The normalized spacial score (nSPS) is 13.2. The number of carbonyl (C=O) groups is 1. The van der Waals surface area contributed by atoms with Gasteiger partial charge in [-0.1, -0.05) is 24.6 Å². The third kappa shape index (κ3) is 5.13. The zero-order valence-corrected chi connectivity index (χ0v) is 19.3. The number of hydrogen-bond donors (Lipinski definition) is 2. The molecule has 1 aliphatic carbocycles. The Bertz CT molecular complexity index is 1130. The average molecular weight is 474 g/mol. The number of aromatic nitrogens is 3. The van der Waals surface area contributed by atoms with Gasteiger partial charge in [0.25, 0.3) is 0 Å². The van der Waals surface area contributed by atoms with Crippen molar-refractivity contribution in [2.24, 2.45) is 0 Å². The number of hydrogen-bond acceptors (Lipinski definition) is 6. The molecule has 0 atom stereocenters. The highest BCUT2D eigenvalue weighted by Crippen LogP contribution is 2.38. The van der Waals surface area contributed by atoms with Gasteiger partial charge in [-0.25, -0.2) is 18.9 Å². The van der Waals surface area contributed by atoms with Crippen LogP contribution in [-0.2, 0) is 24.1 Å². The summed E-state index contributed by atoms with van der Waals surface area (Å²) in [6.45, 7) is 2.37. The molecular formula is C22H24FN5O2S2. The van der Waals surface area contributed by atoms with Gasteiger partial charge in [0.05, 0.1) is 18.7 Å². The molecule has 0 fully saturated rings. The maximum atomic E-state index is 13.9. The van der Waals surface area contributed by atoms with Crippen LogP contribution in [0.4, 0.5) is 15.3 Å². The second-order valence-electron chi connectivity index (χ2n) is 7.43. The van der Waals surface area contributed by atoms with Gasteiger partial charge < -0.3 is 10.1 Å². The Balaban J connectivity index is 1.47. The summed E-state index contributed by atoms with van der Waals surface area (Å²) >= 11 is 6.99. The lowest BCUT2D eigenvalue weighted by molar-refractivity contribution is 0.0527. The van der Waals surface area contributed by atoms with E-state index in [9.17, 15) is 9.18 Å². The van der Waals surface area contributed by atoms with Crippen LogP contribution >= 0.6 is 23.6 Å². The van der Waals surface area contributed by atoms with Crippen molar-refractivity contribution in [3.8, 4) is 0 Å². The molecule has 32 heavy (non-hydrogen) atoms. The van der Waals surface area contributed by atoms with Crippen LogP contribution in [-0.4, -0.2) is 32.5 Å². The van der Waals surface area contributed by atoms with Gasteiger partial charge in [-0.05, 0) is 56.5 Å². The van der Waals surface area contributed by atoms with E-state index in [1.54, 1.807) is 36.5 Å². The summed E-state index contributed by atoms with van der Waals surface area (Å²) in [6.07, 6.45) is 6.66. The summed E-state index contributed by atoms with van der Waals surface area (Å²) in [5, 5.41) is 11.3. The number of benzene rings is 1. The third-order valence-corrected chi connectivity index (χ3v) is 6.59. The summed E-state index contributed by atoms with van der Waals surface area (Å²) < 4.78 is 20.7. The first-order chi connectivity index (χ1) is 15.5. The van der Waals surface area contributed by atoms with E-state index in [4.69, 9.17) is 17.0 Å². The molecule has 4 rings (SSSR count). The SMILES string of the molecule is CCOC(=O)c1c(NC(=S)Nc2ncn(Cc3ccccc3F)n2)sc2c1CCCCC2. The quantitative estimate of drug-likeness (QED) is 0.303. The number of esters is 1. The van der Waals surface area contributed by atoms with Gasteiger partial charge in [0.2, 0.25) is 5.95 Å². The largest absolute Gasteiger partial charge is 0.462 e. The van der Waals surface area contributed by atoms with Crippen molar-refractivity contribution in [1.29, 1.82) is 0 Å². The Hall–Kier alpha value is -2.85. The van der Waals surface area contributed by atoms with E-state index in [1.807, 2.05) is 0 Å². The number of aryl methyl sites for hydroxylation is 1. The average Bonchev–Trinajstić information content (AvgIpc) is 3.26. The molecular weight excluding hydrogens is 449 g/mol. The zero-order chi connectivity index (χ0) is 22.5. The molecule has 0 unspecified atom stereocenters. The smallest absolute Gasteiger partial charge is 0.341 e. The minimum Gasteiger partial charge on any atom is -0.462 e. The molecule has 0 saturated carbocycles. The van der Waals surface area contributed by atoms with Crippen LogP contribution in [0.1, 0.15) is 52.5 Å². The lowest BCUT2D eigenvalue weighted by Crippen LogP contribution is -2.21. The van der Waals surface area contributed by atoms with Crippen LogP contribution in [0.3, 0.4) is 0 Å². The fraction of sp³-hybridized carbons (Fsp3) is 0.364. The first-order valence-electron chi connectivity index (χ1n) is 10.6. The number of halogens is 1. The van der Waals surface area contributed by atoms with Crippen LogP contribution in [0.2, 0.25) is 0 Å². The van der Waals surface area contributed by atoms with Gasteiger partial charge in [-0.3, -0.25) is 5.32 Å². The van der Waals surface area contributed by atoms with Gasteiger partial charge in [0.1, 0.15) is 17.1 Å². The van der Waals surface area contributed by atoms with E-state index in [0.717, 1.165) is 37.7 Å². The Labute approximate surface area is 195 Å². The maximum absolute atomic E-state index is 13.9. The fourth-order valence-electron chi connectivity index (χ4n) is 3.72. The second kappa shape index (κ2) is 10.2. The first-order valence-corrected chi connectivity index (χ1v) is 11.8. The van der Waals surface area contributed by atoms with E-state index >= 15 is 0 Å². The topological polar surface area (TPSA) is 81.1 Å². The first kappa shape index (κ1) is 22.3. The molecule has 0 saturated heterocycles. The van der Waals surface area contributed by atoms with Crippen molar-refractivity contribution in [3.05, 3.63) is 58.0 Å². The molecule has 3 aromatic rings. The Morgan fingerprint density at radius 2 is 2.06 bits per heavy atom. The Kier molecular flexibility index (Phi) is 7.11. The Morgan fingerprint density at radius 3 is 2.88 bits per heavy atom. The second-order valence-corrected chi connectivity index (χ2v) is 8.94. The highest BCUT2D eigenvalue weighted by atomic mass is 32.1. The number of carbonyl (C=O) groups excluding carboxylic acids is 1. The summed E-state index contributed by atoms with van der Waals surface area (Å²) in [4.78, 5) is 18.1. The number of thiophene rings is 1. The van der Waals surface area contributed by atoms with Crippen molar-refractivity contribution in [2.75, 3.05) is 17.2 Å². The molecule has 0 radical (unpaired) electrons. The summed E-state index contributed by atoms with van der Waals surface area (Å²) in [5.41, 5.74) is 2.17.